The number of methoxy groups -OCH3 is 1. The molecule has 3 nitrogen and oxygen atoms in total. The van der Waals surface area contributed by atoms with E-state index in [0.29, 0.717) is 0 Å². The molecule has 0 bridgehead atoms. The number of ether oxygens (including phenoxy) is 1. The van der Waals surface area contributed by atoms with Crippen LogP contribution in [0, 0.1) is 0 Å². The minimum absolute atomic E-state index is 0.160. The third-order valence-electron chi connectivity index (χ3n) is 3.48. The van der Waals surface area contributed by atoms with Crippen LogP contribution in [0.25, 0.3) is 0 Å². The van der Waals surface area contributed by atoms with Gasteiger partial charge in [0.05, 0.1) is 13.2 Å². The van der Waals surface area contributed by atoms with Gasteiger partial charge in [-0.2, -0.15) is 0 Å². The molecular formula is C14H19NO2. The van der Waals surface area contributed by atoms with Crippen LogP contribution in [0.15, 0.2) is 30.3 Å². The van der Waals surface area contributed by atoms with Crippen LogP contribution in [0.5, 0.6) is 0 Å². The van der Waals surface area contributed by atoms with Crippen molar-refractivity contribution < 1.29 is 9.53 Å². The van der Waals surface area contributed by atoms with Crippen molar-refractivity contribution in [3.8, 4) is 0 Å². The molecule has 17 heavy (non-hydrogen) atoms. The number of piperidine rings is 1. The smallest absolute Gasteiger partial charge is 0.410 e. The molecule has 2 atom stereocenters. The number of nitrogens with zero attached hydrogens (tertiary/aromatic N) is 1. The number of hydrogen-bond donors (Lipinski definition) is 0. The second-order valence-electron chi connectivity index (χ2n) is 4.58. The lowest BCUT2D eigenvalue weighted by atomic mass is 9.92. The molecule has 0 aromatic heterocycles. The Hall–Kier alpha value is -1.51. The molecule has 1 aliphatic heterocycles. The Morgan fingerprint density at radius 1 is 1.29 bits per heavy atom. The molecule has 2 rings (SSSR count). The molecule has 1 heterocycles. The number of carbonyl (C=O) groups excluding carboxylic acids is 1. The third-order valence-corrected chi connectivity index (χ3v) is 3.48. The summed E-state index contributed by atoms with van der Waals surface area (Å²) in [6.45, 7) is 2.09. The van der Waals surface area contributed by atoms with Crippen LogP contribution >= 0.6 is 0 Å². The van der Waals surface area contributed by atoms with Crippen molar-refractivity contribution >= 4 is 6.09 Å². The predicted molar refractivity (Wildman–Crippen MR) is 66.7 cm³/mol. The Morgan fingerprint density at radius 2 is 2.00 bits per heavy atom. The first-order chi connectivity index (χ1) is 8.24. The van der Waals surface area contributed by atoms with Gasteiger partial charge in [0.15, 0.2) is 0 Å². The predicted octanol–water partition coefficient (Wildman–Crippen LogP) is 3.37. The number of hydrogen-bond acceptors (Lipinski definition) is 2. The van der Waals surface area contributed by atoms with Crippen LogP contribution in [0.2, 0.25) is 0 Å². The largest absolute Gasteiger partial charge is 0.453 e. The van der Waals surface area contributed by atoms with E-state index in [1.54, 1.807) is 0 Å². The normalized spacial score (nSPS) is 24.5. The molecule has 0 N–H and O–H groups in total. The number of likely N-dealkylation sites (tertiary alicyclic amines) is 1. The summed E-state index contributed by atoms with van der Waals surface area (Å²) in [6, 6.07) is 10.6. The molecule has 1 amide bonds. The highest BCUT2D eigenvalue weighted by Gasteiger charge is 2.33. The molecule has 1 aromatic rings. The van der Waals surface area contributed by atoms with Gasteiger partial charge in [-0.05, 0) is 31.7 Å². The first-order valence-corrected chi connectivity index (χ1v) is 6.15. The highest BCUT2D eigenvalue weighted by molar-refractivity contribution is 5.68. The zero-order chi connectivity index (χ0) is 12.3. The molecule has 0 aliphatic carbocycles. The highest BCUT2D eigenvalue weighted by atomic mass is 16.5. The van der Waals surface area contributed by atoms with Crippen LogP contribution in [0.3, 0.4) is 0 Å². The van der Waals surface area contributed by atoms with E-state index in [1.165, 1.54) is 12.7 Å². The zero-order valence-corrected chi connectivity index (χ0v) is 10.4. The average molecular weight is 233 g/mol. The Kier molecular flexibility index (Phi) is 3.67. The van der Waals surface area contributed by atoms with Gasteiger partial charge in [0, 0.05) is 6.04 Å². The van der Waals surface area contributed by atoms with Gasteiger partial charge in [0.2, 0.25) is 0 Å². The topological polar surface area (TPSA) is 29.5 Å². The van der Waals surface area contributed by atoms with Gasteiger partial charge in [-0.3, -0.25) is 4.90 Å². The maximum absolute atomic E-state index is 11.9. The maximum atomic E-state index is 11.9. The number of rotatable bonds is 1. The summed E-state index contributed by atoms with van der Waals surface area (Å²) in [7, 11) is 1.45. The minimum atomic E-state index is -0.217. The first-order valence-electron chi connectivity index (χ1n) is 6.15. The van der Waals surface area contributed by atoms with E-state index in [1.807, 2.05) is 23.1 Å². The summed E-state index contributed by atoms with van der Waals surface area (Å²) >= 11 is 0. The maximum Gasteiger partial charge on any atom is 0.410 e. The van der Waals surface area contributed by atoms with E-state index >= 15 is 0 Å². The molecule has 3 heteroatoms. The van der Waals surface area contributed by atoms with E-state index in [2.05, 4.69) is 19.1 Å². The first kappa shape index (κ1) is 12.0. The van der Waals surface area contributed by atoms with Crippen molar-refractivity contribution in [3.63, 3.8) is 0 Å². The Labute approximate surface area is 102 Å². The number of benzene rings is 1. The van der Waals surface area contributed by atoms with Crippen molar-refractivity contribution in [2.24, 2.45) is 0 Å². The van der Waals surface area contributed by atoms with Crippen LogP contribution < -0.4 is 0 Å². The standard InChI is InChI=1S/C14H19NO2/c1-11-7-6-10-13(15(11)14(16)17-2)12-8-4-3-5-9-12/h3-5,8-9,11,13H,6-7,10H2,1-2H3. The molecule has 0 saturated carbocycles. The van der Waals surface area contributed by atoms with Crippen molar-refractivity contribution in [2.75, 3.05) is 7.11 Å². The van der Waals surface area contributed by atoms with E-state index in [-0.39, 0.29) is 18.2 Å². The van der Waals surface area contributed by atoms with Gasteiger partial charge in [0.1, 0.15) is 0 Å². The summed E-state index contributed by atoms with van der Waals surface area (Å²) < 4.78 is 4.90. The minimum Gasteiger partial charge on any atom is -0.453 e. The molecule has 1 fully saturated rings. The van der Waals surface area contributed by atoms with Crippen molar-refractivity contribution in [2.45, 2.75) is 38.3 Å². The summed E-state index contributed by atoms with van der Waals surface area (Å²) in [5, 5.41) is 0. The summed E-state index contributed by atoms with van der Waals surface area (Å²) in [5.41, 5.74) is 1.20. The summed E-state index contributed by atoms with van der Waals surface area (Å²) in [6.07, 6.45) is 3.02. The molecular weight excluding hydrogens is 214 g/mol. The highest BCUT2D eigenvalue weighted by Crippen LogP contribution is 2.34. The second kappa shape index (κ2) is 5.21. The van der Waals surface area contributed by atoms with Gasteiger partial charge in [-0.1, -0.05) is 30.3 Å². The van der Waals surface area contributed by atoms with Gasteiger partial charge < -0.3 is 4.74 Å². The van der Waals surface area contributed by atoms with Gasteiger partial charge in [0.25, 0.3) is 0 Å². The van der Waals surface area contributed by atoms with Gasteiger partial charge in [-0.25, -0.2) is 4.79 Å². The lowest BCUT2D eigenvalue weighted by Crippen LogP contribution is -2.44. The third kappa shape index (κ3) is 2.43. The van der Waals surface area contributed by atoms with Crippen LogP contribution in [0.4, 0.5) is 4.79 Å². The van der Waals surface area contributed by atoms with E-state index in [4.69, 9.17) is 4.74 Å². The van der Waals surface area contributed by atoms with E-state index < -0.39 is 0 Å². The van der Waals surface area contributed by atoms with Crippen molar-refractivity contribution in [1.82, 2.24) is 4.90 Å². The molecule has 0 radical (unpaired) electrons. The summed E-state index contributed by atoms with van der Waals surface area (Å²) in [5.74, 6) is 0. The lowest BCUT2D eigenvalue weighted by molar-refractivity contribution is 0.0634. The van der Waals surface area contributed by atoms with Gasteiger partial charge in [-0.15, -0.1) is 0 Å². The van der Waals surface area contributed by atoms with Gasteiger partial charge >= 0.3 is 6.09 Å². The Bertz CT molecular complexity index is 377. The zero-order valence-electron chi connectivity index (χ0n) is 10.4. The number of amides is 1. The molecule has 1 aromatic carbocycles. The Morgan fingerprint density at radius 3 is 2.65 bits per heavy atom. The molecule has 0 spiro atoms. The Balaban J connectivity index is 2.27. The fourth-order valence-corrected chi connectivity index (χ4v) is 2.61. The van der Waals surface area contributed by atoms with E-state index in [9.17, 15) is 4.79 Å². The SMILES string of the molecule is COC(=O)N1C(C)CCCC1c1ccccc1. The lowest BCUT2D eigenvalue weighted by Gasteiger charge is -2.39. The molecule has 1 aliphatic rings. The van der Waals surface area contributed by atoms with Crippen molar-refractivity contribution in [1.29, 1.82) is 0 Å². The number of carbonyl (C=O) groups is 1. The van der Waals surface area contributed by atoms with Crippen LogP contribution in [0.1, 0.15) is 37.8 Å². The quantitative estimate of drug-likeness (QED) is 0.744. The average Bonchev–Trinajstić information content (AvgIpc) is 2.38. The monoisotopic (exact) mass is 233 g/mol. The van der Waals surface area contributed by atoms with Crippen LogP contribution in [-0.2, 0) is 4.74 Å². The second-order valence-corrected chi connectivity index (χ2v) is 4.58. The molecule has 1 saturated heterocycles. The molecule has 92 valence electrons. The molecule has 2 unspecified atom stereocenters. The van der Waals surface area contributed by atoms with Crippen LogP contribution in [-0.4, -0.2) is 24.1 Å². The summed E-state index contributed by atoms with van der Waals surface area (Å²) in [4.78, 5) is 13.7. The van der Waals surface area contributed by atoms with E-state index in [0.717, 1.165) is 19.3 Å². The fraction of sp³-hybridized carbons (Fsp3) is 0.500. The van der Waals surface area contributed by atoms with Crippen molar-refractivity contribution in [3.05, 3.63) is 35.9 Å². The fourth-order valence-electron chi connectivity index (χ4n) is 2.61.